The summed E-state index contributed by atoms with van der Waals surface area (Å²) in [6, 6.07) is 14.0. The number of hydrogen-bond acceptors (Lipinski definition) is 7. The predicted molar refractivity (Wildman–Crippen MR) is 127 cm³/mol. The molecule has 4 rings (SSSR count). The van der Waals surface area contributed by atoms with Crippen molar-refractivity contribution in [2.75, 3.05) is 49.7 Å². The fourth-order valence-electron chi connectivity index (χ4n) is 3.97. The number of hydrogen-bond donors (Lipinski definition) is 4. The zero-order valence-corrected chi connectivity index (χ0v) is 18.8. The van der Waals surface area contributed by atoms with E-state index in [0.29, 0.717) is 23.5 Å². The highest BCUT2D eigenvalue weighted by molar-refractivity contribution is 6.04. The Kier molecular flexibility index (Phi) is 7.53. The number of nitrogens with one attached hydrogen (secondary N) is 2. The van der Waals surface area contributed by atoms with Gasteiger partial charge < -0.3 is 30.5 Å². The van der Waals surface area contributed by atoms with E-state index in [0.717, 1.165) is 38.4 Å². The van der Waals surface area contributed by atoms with Crippen LogP contribution in [-0.2, 0) is 25.6 Å². The Morgan fingerprint density at radius 2 is 1.76 bits per heavy atom. The lowest BCUT2D eigenvalue weighted by atomic mass is 10.1. The second-order valence-electron chi connectivity index (χ2n) is 8.26. The van der Waals surface area contributed by atoms with Crippen LogP contribution in [0.1, 0.15) is 11.1 Å². The molecule has 2 aliphatic heterocycles. The van der Waals surface area contributed by atoms with Crippen molar-refractivity contribution in [1.29, 1.82) is 5.41 Å². The number of nitrogen functional groups attached to an aromatic ring is 1. The number of nitrogens with zero attached hydrogens (tertiary/aromatic N) is 2. The van der Waals surface area contributed by atoms with Gasteiger partial charge in [0, 0.05) is 43.1 Å². The molecule has 2 saturated heterocycles. The van der Waals surface area contributed by atoms with E-state index >= 15 is 0 Å². The first-order valence-electron chi connectivity index (χ1n) is 11.2. The van der Waals surface area contributed by atoms with Gasteiger partial charge in [-0.15, -0.1) is 0 Å². The molecule has 34 heavy (non-hydrogen) atoms. The minimum atomic E-state index is -1.68. The first kappa shape index (κ1) is 23.8. The van der Waals surface area contributed by atoms with E-state index in [9.17, 15) is 14.7 Å². The maximum absolute atomic E-state index is 13.0. The Bertz CT molecular complexity index is 1020. The van der Waals surface area contributed by atoms with Gasteiger partial charge in [-0.1, -0.05) is 12.1 Å². The van der Waals surface area contributed by atoms with Crippen LogP contribution in [0.5, 0.6) is 0 Å². The van der Waals surface area contributed by atoms with E-state index in [1.807, 2.05) is 24.3 Å². The fraction of sp³-hybridized carbons (Fsp3) is 0.375. The maximum Gasteiger partial charge on any atom is 0.259 e. The molecule has 2 fully saturated rings. The van der Waals surface area contributed by atoms with Crippen molar-refractivity contribution in [2.45, 2.75) is 18.8 Å². The highest BCUT2D eigenvalue weighted by Gasteiger charge is 2.39. The van der Waals surface area contributed by atoms with Gasteiger partial charge in [0.1, 0.15) is 5.84 Å². The highest BCUT2D eigenvalue weighted by atomic mass is 16.5. The van der Waals surface area contributed by atoms with Gasteiger partial charge in [0.25, 0.3) is 11.8 Å². The minimum absolute atomic E-state index is 0.0895. The molecule has 10 nitrogen and oxygen atoms in total. The Morgan fingerprint density at radius 1 is 1.09 bits per heavy atom. The molecule has 0 spiro atoms. The van der Waals surface area contributed by atoms with Gasteiger partial charge in [0.15, 0.2) is 12.2 Å². The van der Waals surface area contributed by atoms with Gasteiger partial charge in [0.2, 0.25) is 0 Å². The molecule has 2 unspecified atom stereocenters. The monoisotopic (exact) mass is 467 g/mol. The molecule has 2 aromatic carbocycles. The lowest BCUT2D eigenvalue weighted by Gasteiger charge is -2.34. The molecule has 0 radical (unpaired) electrons. The van der Waals surface area contributed by atoms with Crippen molar-refractivity contribution in [1.82, 2.24) is 4.90 Å². The number of anilines is 2. The van der Waals surface area contributed by atoms with E-state index in [2.05, 4.69) is 10.2 Å². The van der Waals surface area contributed by atoms with Crippen molar-refractivity contribution >= 4 is 29.0 Å². The summed E-state index contributed by atoms with van der Waals surface area (Å²) >= 11 is 0. The van der Waals surface area contributed by atoms with E-state index in [1.165, 1.54) is 4.90 Å². The molecular weight excluding hydrogens is 438 g/mol. The number of benzene rings is 2. The van der Waals surface area contributed by atoms with Gasteiger partial charge in [-0.05, 0) is 42.0 Å². The van der Waals surface area contributed by atoms with Crippen LogP contribution in [0.3, 0.4) is 0 Å². The Balaban J connectivity index is 1.37. The Morgan fingerprint density at radius 3 is 2.41 bits per heavy atom. The average Bonchev–Trinajstić information content (AvgIpc) is 2.85. The molecule has 2 aliphatic rings. The molecule has 2 aromatic rings. The largest absolute Gasteiger partial charge is 0.384 e. The van der Waals surface area contributed by atoms with Crippen molar-refractivity contribution < 1.29 is 24.2 Å². The summed E-state index contributed by atoms with van der Waals surface area (Å²) in [7, 11) is 0. The van der Waals surface area contributed by atoms with Crippen LogP contribution in [0, 0.1) is 5.41 Å². The lowest BCUT2D eigenvalue weighted by Crippen LogP contribution is -2.55. The number of carbonyl (C=O) groups excluding carboxylic acids is 2. The van der Waals surface area contributed by atoms with Gasteiger partial charge in [-0.2, -0.15) is 0 Å². The molecule has 0 saturated carbocycles. The van der Waals surface area contributed by atoms with Crippen LogP contribution >= 0.6 is 0 Å². The molecule has 2 heterocycles. The zero-order chi connectivity index (χ0) is 24.1. The van der Waals surface area contributed by atoms with Gasteiger partial charge in [-0.25, -0.2) is 0 Å². The summed E-state index contributed by atoms with van der Waals surface area (Å²) in [5.41, 5.74) is 8.17. The zero-order valence-electron chi connectivity index (χ0n) is 18.8. The highest BCUT2D eigenvalue weighted by Crippen LogP contribution is 2.22. The summed E-state index contributed by atoms with van der Waals surface area (Å²) in [5, 5.41) is 20.5. The molecule has 2 amide bonds. The maximum atomic E-state index is 13.0. The van der Waals surface area contributed by atoms with Crippen molar-refractivity contribution in [2.24, 2.45) is 5.73 Å². The summed E-state index contributed by atoms with van der Waals surface area (Å²) in [4.78, 5) is 29.5. The van der Waals surface area contributed by atoms with Crippen LogP contribution in [0.4, 0.5) is 11.4 Å². The minimum Gasteiger partial charge on any atom is -0.384 e. The summed E-state index contributed by atoms with van der Waals surface area (Å²) in [5.74, 6) is -1.31. The number of amides is 2. The molecule has 2 atom stereocenters. The molecule has 5 N–H and O–H groups in total. The number of morpholine rings is 2. The van der Waals surface area contributed by atoms with Crippen molar-refractivity contribution in [3.8, 4) is 0 Å². The molecule has 0 aliphatic carbocycles. The van der Waals surface area contributed by atoms with E-state index in [-0.39, 0.29) is 12.4 Å². The van der Waals surface area contributed by atoms with E-state index in [4.69, 9.17) is 20.6 Å². The predicted octanol–water partition coefficient (Wildman–Crippen LogP) is 0.534. The quantitative estimate of drug-likeness (QED) is 0.344. The third-order valence-electron chi connectivity index (χ3n) is 5.90. The molecular formula is C24H29N5O5. The third-order valence-corrected chi connectivity index (χ3v) is 5.90. The van der Waals surface area contributed by atoms with Gasteiger partial charge in [-0.3, -0.25) is 19.9 Å². The summed E-state index contributed by atoms with van der Waals surface area (Å²) in [6.45, 7) is 4.61. The molecule has 180 valence electrons. The van der Waals surface area contributed by atoms with Crippen molar-refractivity contribution in [3.05, 3.63) is 59.7 Å². The standard InChI is InChI=1S/C24H29N5O5/c25-22(26)17-3-5-18(6-4-17)27-23(31)20(30)21-24(32)29(11-14-34-21)19-7-1-16(2-8-19)15-28-9-12-33-13-10-28/h1-8,20-21,30H,9-15H2,(H3,25,26)(H,27,31). The average molecular weight is 468 g/mol. The van der Waals surface area contributed by atoms with E-state index in [1.54, 1.807) is 24.3 Å². The van der Waals surface area contributed by atoms with E-state index < -0.39 is 24.0 Å². The summed E-state index contributed by atoms with van der Waals surface area (Å²) in [6.07, 6.45) is -2.98. The smallest absolute Gasteiger partial charge is 0.259 e. The van der Waals surface area contributed by atoms with Crippen LogP contribution < -0.4 is 16.0 Å². The van der Waals surface area contributed by atoms with Crippen LogP contribution in [0.15, 0.2) is 48.5 Å². The van der Waals surface area contributed by atoms with Crippen LogP contribution in [0.2, 0.25) is 0 Å². The number of carbonyl (C=O) groups is 2. The third kappa shape index (κ3) is 5.60. The molecule has 0 bridgehead atoms. The number of nitrogens with two attached hydrogens (primary N) is 1. The number of rotatable bonds is 7. The lowest BCUT2D eigenvalue weighted by molar-refractivity contribution is -0.150. The second-order valence-corrected chi connectivity index (χ2v) is 8.26. The number of aliphatic hydroxyl groups is 1. The van der Waals surface area contributed by atoms with Crippen LogP contribution in [-0.4, -0.2) is 79.3 Å². The second kappa shape index (κ2) is 10.7. The molecule has 0 aromatic heterocycles. The topological polar surface area (TPSA) is 141 Å². The molecule has 10 heteroatoms. The fourth-order valence-corrected chi connectivity index (χ4v) is 3.97. The SMILES string of the molecule is N=C(N)c1ccc(NC(=O)C(O)C2OCCN(c3ccc(CN4CCOCC4)cc3)C2=O)cc1. The number of aliphatic hydroxyl groups excluding tert-OH is 1. The first-order valence-corrected chi connectivity index (χ1v) is 11.2. The first-order chi connectivity index (χ1) is 16.4. The summed E-state index contributed by atoms with van der Waals surface area (Å²) < 4.78 is 10.9. The van der Waals surface area contributed by atoms with Crippen LogP contribution in [0.25, 0.3) is 0 Å². The van der Waals surface area contributed by atoms with Crippen molar-refractivity contribution in [3.63, 3.8) is 0 Å². The number of amidine groups is 1. The van der Waals surface area contributed by atoms with Gasteiger partial charge >= 0.3 is 0 Å². The van der Waals surface area contributed by atoms with Gasteiger partial charge in [0.05, 0.1) is 19.8 Å². The Hall–Kier alpha value is -3.31. The normalized spacial score (nSPS) is 20.1. The Labute approximate surface area is 197 Å². The number of ether oxygens (including phenoxy) is 2.